The average Bonchev–Trinajstić information content (AvgIpc) is 2.86. The molecule has 0 spiro atoms. The highest BCUT2D eigenvalue weighted by atomic mass is 35.5. The third kappa shape index (κ3) is 6.84. The third-order valence-corrected chi connectivity index (χ3v) is 5.78. The highest BCUT2D eigenvalue weighted by Gasteiger charge is 2.26. The number of amides is 1. The molecule has 0 aliphatic carbocycles. The van der Waals surface area contributed by atoms with Gasteiger partial charge in [-0.15, -0.1) is 0 Å². The smallest absolute Gasteiger partial charge is 0.410 e. The van der Waals surface area contributed by atoms with E-state index >= 15 is 0 Å². The van der Waals surface area contributed by atoms with Crippen molar-refractivity contribution < 1.29 is 27.8 Å². The van der Waals surface area contributed by atoms with Crippen LogP contribution in [0.5, 0.6) is 11.6 Å². The summed E-state index contributed by atoms with van der Waals surface area (Å²) in [5.41, 5.74) is 0.770. The standard InChI is InChI=1S/C26H28ClF2N5O4/c1-26(2,3)38-25(35)34-7-5-33(6-8-34)24-30-13-18(14-31-24)37-22-10-16(15-36-4)9-21(32-22)17-11-19(27)23(29)20(28)12-17/h9-14H,5-8,15H2,1-4H3. The SMILES string of the molecule is COCc1cc(Oc2cnc(N3CCN(C(=O)OC(C)(C)C)CC3)nc2)nc(-c2cc(F)c(F)c(Cl)c2)c1. The first-order chi connectivity index (χ1) is 18.0. The molecule has 1 aliphatic rings. The largest absolute Gasteiger partial charge is 0.444 e. The maximum atomic E-state index is 13.9. The van der Waals surface area contributed by atoms with Gasteiger partial charge in [-0.25, -0.2) is 28.5 Å². The molecular weight excluding hydrogens is 520 g/mol. The highest BCUT2D eigenvalue weighted by Crippen LogP contribution is 2.30. The van der Waals surface area contributed by atoms with E-state index in [4.69, 9.17) is 25.8 Å². The van der Waals surface area contributed by atoms with E-state index in [0.717, 1.165) is 6.07 Å². The molecule has 0 saturated carbocycles. The Morgan fingerprint density at radius 1 is 1.05 bits per heavy atom. The van der Waals surface area contributed by atoms with Gasteiger partial charge in [0.1, 0.15) is 5.60 Å². The van der Waals surface area contributed by atoms with Crippen LogP contribution in [-0.2, 0) is 16.1 Å². The summed E-state index contributed by atoms with van der Waals surface area (Å²) in [5.74, 6) is -1.18. The summed E-state index contributed by atoms with van der Waals surface area (Å²) in [7, 11) is 1.54. The van der Waals surface area contributed by atoms with Gasteiger partial charge in [-0.2, -0.15) is 0 Å². The molecule has 0 N–H and O–H groups in total. The van der Waals surface area contributed by atoms with Crippen molar-refractivity contribution in [2.75, 3.05) is 38.2 Å². The molecule has 0 radical (unpaired) electrons. The van der Waals surface area contributed by atoms with Crippen molar-refractivity contribution in [1.29, 1.82) is 0 Å². The zero-order valence-corrected chi connectivity index (χ0v) is 22.3. The summed E-state index contributed by atoms with van der Waals surface area (Å²) in [5, 5.41) is -0.350. The molecule has 202 valence electrons. The molecule has 1 fully saturated rings. The van der Waals surface area contributed by atoms with Gasteiger partial charge in [-0.05, 0) is 44.5 Å². The van der Waals surface area contributed by atoms with Gasteiger partial charge in [0.2, 0.25) is 11.8 Å². The molecule has 1 aromatic carbocycles. The Balaban J connectivity index is 1.46. The van der Waals surface area contributed by atoms with Crippen molar-refractivity contribution in [2.45, 2.75) is 33.0 Å². The number of nitrogens with zero attached hydrogens (tertiary/aromatic N) is 5. The first-order valence-electron chi connectivity index (χ1n) is 11.9. The van der Waals surface area contributed by atoms with E-state index in [1.807, 2.05) is 25.7 Å². The van der Waals surface area contributed by atoms with Gasteiger partial charge in [0.25, 0.3) is 0 Å². The molecule has 0 unspecified atom stereocenters. The minimum atomic E-state index is -1.12. The summed E-state index contributed by atoms with van der Waals surface area (Å²) in [6.07, 6.45) is 2.69. The number of hydrogen-bond acceptors (Lipinski definition) is 8. The monoisotopic (exact) mass is 547 g/mol. The minimum Gasteiger partial charge on any atom is -0.444 e. The molecule has 9 nitrogen and oxygen atoms in total. The number of anilines is 1. The van der Waals surface area contributed by atoms with Crippen LogP contribution in [0, 0.1) is 11.6 Å². The second-order valence-electron chi connectivity index (χ2n) is 9.66. The van der Waals surface area contributed by atoms with Crippen LogP contribution in [0.4, 0.5) is 19.5 Å². The van der Waals surface area contributed by atoms with Crippen LogP contribution in [0.25, 0.3) is 11.3 Å². The molecule has 12 heteroatoms. The number of halogens is 3. The lowest BCUT2D eigenvalue weighted by Crippen LogP contribution is -2.50. The number of piperazine rings is 1. The normalized spacial score (nSPS) is 14.0. The molecule has 4 rings (SSSR count). The van der Waals surface area contributed by atoms with Gasteiger partial charge >= 0.3 is 6.09 Å². The van der Waals surface area contributed by atoms with Gasteiger partial charge in [-0.3, -0.25) is 0 Å². The number of ether oxygens (including phenoxy) is 3. The van der Waals surface area contributed by atoms with Crippen molar-refractivity contribution >= 4 is 23.6 Å². The second kappa shape index (κ2) is 11.4. The van der Waals surface area contributed by atoms with Gasteiger partial charge in [0.15, 0.2) is 17.4 Å². The van der Waals surface area contributed by atoms with Gasteiger partial charge in [-0.1, -0.05) is 11.6 Å². The van der Waals surface area contributed by atoms with E-state index in [2.05, 4.69) is 15.0 Å². The summed E-state index contributed by atoms with van der Waals surface area (Å²) >= 11 is 5.82. The molecule has 1 saturated heterocycles. The van der Waals surface area contributed by atoms with Crippen LogP contribution >= 0.6 is 11.6 Å². The van der Waals surface area contributed by atoms with Gasteiger partial charge in [0.05, 0.1) is 29.7 Å². The zero-order valence-electron chi connectivity index (χ0n) is 21.5. The van der Waals surface area contributed by atoms with Crippen molar-refractivity contribution in [3.05, 3.63) is 58.9 Å². The van der Waals surface area contributed by atoms with Crippen LogP contribution in [-0.4, -0.2) is 64.8 Å². The first kappa shape index (κ1) is 27.5. The number of carbonyl (C=O) groups is 1. The zero-order chi connectivity index (χ0) is 27.4. The molecule has 2 aromatic heterocycles. The third-order valence-electron chi connectivity index (χ3n) is 5.50. The van der Waals surface area contributed by atoms with Crippen molar-refractivity contribution in [3.63, 3.8) is 0 Å². The Bertz CT molecular complexity index is 1270. The lowest BCUT2D eigenvalue weighted by molar-refractivity contribution is 0.0240. The number of pyridine rings is 1. The molecule has 0 atom stereocenters. The van der Waals surface area contributed by atoms with Crippen LogP contribution in [0.3, 0.4) is 0 Å². The Hall–Kier alpha value is -3.57. The van der Waals surface area contributed by atoms with Crippen molar-refractivity contribution in [2.24, 2.45) is 0 Å². The Kier molecular flexibility index (Phi) is 8.27. The van der Waals surface area contributed by atoms with Crippen LogP contribution < -0.4 is 9.64 Å². The highest BCUT2D eigenvalue weighted by molar-refractivity contribution is 6.31. The van der Waals surface area contributed by atoms with E-state index in [1.54, 1.807) is 17.0 Å². The Labute approximate surface area is 224 Å². The fourth-order valence-corrected chi connectivity index (χ4v) is 3.98. The van der Waals surface area contributed by atoms with E-state index in [1.165, 1.54) is 25.6 Å². The lowest BCUT2D eigenvalue weighted by Gasteiger charge is -2.35. The number of rotatable bonds is 6. The number of hydrogen-bond donors (Lipinski definition) is 0. The summed E-state index contributed by atoms with van der Waals surface area (Å²) < 4.78 is 44.1. The molecule has 3 aromatic rings. The minimum absolute atomic E-state index is 0.192. The van der Waals surface area contributed by atoms with Gasteiger partial charge < -0.3 is 24.0 Å². The number of carbonyl (C=O) groups excluding carboxylic acids is 1. The number of aromatic nitrogens is 3. The second-order valence-corrected chi connectivity index (χ2v) is 10.1. The van der Waals surface area contributed by atoms with Crippen LogP contribution in [0.15, 0.2) is 36.7 Å². The molecule has 1 aliphatic heterocycles. The predicted molar refractivity (Wildman–Crippen MR) is 137 cm³/mol. The molecular formula is C26H28ClF2N5O4. The fraction of sp³-hybridized carbons (Fsp3) is 0.385. The topological polar surface area (TPSA) is 89.9 Å². The first-order valence-corrected chi connectivity index (χ1v) is 12.3. The van der Waals surface area contributed by atoms with Crippen LogP contribution in [0.2, 0.25) is 5.02 Å². The van der Waals surface area contributed by atoms with E-state index in [9.17, 15) is 13.6 Å². The van der Waals surface area contributed by atoms with E-state index in [-0.39, 0.29) is 29.2 Å². The Morgan fingerprint density at radius 3 is 2.34 bits per heavy atom. The number of methoxy groups -OCH3 is 1. The van der Waals surface area contributed by atoms with E-state index in [0.29, 0.717) is 49.1 Å². The van der Waals surface area contributed by atoms with Crippen molar-refractivity contribution in [1.82, 2.24) is 19.9 Å². The molecule has 1 amide bonds. The molecule has 38 heavy (non-hydrogen) atoms. The lowest BCUT2D eigenvalue weighted by atomic mass is 10.1. The Morgan fingerprint density at radius 2 is 1.74 bits per heavy atom. The molecule has 0 bridgehead atoms. The molecule has 3 heterocycles. The average molecular weight is 548 g/mol. The van der Waals surface area contributed by atoms with Crippen molar-refractivity contribution in [3.8, 4) is 22.9 Å². The maximum Gasteiger partial charge on any atom is 0.410 e. The summed E-state index contributed by atoms with van der Waals surface area (Å²) in [6.45, 7) is 7.84. The van der Waals surface area contributed by atoms with E-state index < -0.39 is 17.2 Å². The summed E-state index contributed by atoms with van der Waals surface area (Å²) in [4.78, 5) is 29.1. The summed E-state index contributed by atoms with van der Waals surface area (Å²) in [6, 6.07) is 5.65. The fourth-order valence-electron chi connectivity index (χ4n) is 3.77. The van der Waals surface area contributed by atoms with Gasteiger partial charge in [0, 0.05) is 44.9 Å². The maximum absolute atomic E-state index is 13.9. The van der Waals surface area contributed by atoms with Crippen LogP contribution in [0.1, 0.15) is 26.3 Å². The quantitative estimate of drug-likeness (QED) is 0.376. The number of benzene rings is 1. The predicted octanol–water partition coefficient (Wildman–Crippen LogP) is 5.47.